The zero-order valence-electron chi connectivity index (χ0n) is 13.0. The molecule has 0 aliphatic carbocycles. The van der Waals surface area contributed by atoms with E-state index in [0.717, 1.165) is 6.07 Å². The number of hydrogen-bond acceptors (Lipinski definition) is 7. The van der Waals surface area contributed by atoms with Crippen LogP contribution in [0.2, 0.25) is 20.2 Å². The van der Waals surface area contributed by atoms with Gasteiger partial charge in [-0.05, 0) is 12.1 Å². The zero-order valence-corrected chi connectivity index (χ0v) is 16.0. The molecule has 1 heterocycles. The number of ether oxygens (including phenoxy) is 1. The van der Waals surface area contributed by atoms with Crippen LogP contribution in [0.15, 0.2) is 18.2 Å². The van der Waals surface area contributed by atoms with Crippen molar-refractivity contribution >= 4 is 75.3 Å². The molecule has 2 aromatic rings. The van der Waals surface area contributed by atoms with Crippen LogP contribution in [-0.4, -0.2) is 28.4 Å². The normalized spacial score (nSPS) is 10.4. The van der Waals surface area contributed by atoms with Crippen molar-refractivity contribution in [2.75, 3.05) is 17.7 Å². The topological polar surface area (TPSA) is 137 Å². The van der Waals surface area contributed by atoms with Gasteiger partial charge in [0.25, 0.3) is 11.6 Å². The van der Waals surface area contributed by atoms with Crippen LogP contribution in [0, 0.1) is 10.1 Å². The second-order valence-electron chi connectivity index (χ2n) is 4.84. The average molecular weight is 454 g/mol. The van der Waals surface area contributed by atoms with Gasteiger partial charge in [-0.15, -0.1) is 0 Å². The number of benzene rings is 1. The third kappa shape index (κ3) is 4.89. The number of carbonyl (C=O) groups is 2. The summed E-state index contributed by atoms with van der Waals surface area (Å²) in [5.74, 6) is -1.94. The van der Waals surface area contributed by atoms with Crippen molar-refractivity contribution in [3.8, 4) is 0 Å². The standard InChI is InChI=1S/C14H8Cl4N4O5/c15-5-1-2-6(7(3-5)22(25)26)20-8(23)4-27-14(24)12-9(16)11(19)10(17)13(18)21-12/h1-3H,4H2,(H2,19,21)(H,20,23). The van der Waals surface area contributed by atoms with Gasteiger partial charge in [0.1, 0.15) is 10.7 Å². The molecular formula is C14H8Cl4N4O5. The molecule has 13 heteroatoms. The number of pyridine rings is 1. The van der Waals surface area contributed by atoms with E-state index in [-0.39, 0.29) is 31.6 Å². The average Bonchev–Trinajstić information content (AvgIpc) is 2.62. The van der Waals surface area contributed by atoms with E-state index in [2.05, 4.69) is 10.3 Å². The molecule has 0 aliphatic heterocycles. The second kappa shape index (κ2) is 8.57. The third-order valence-electron chi connectivity index (χ3n) is 3.03. The summed E-state index contributed by atoms with van der Waals surface area (Å²) in [7, 11) is 0. The molecule has 3 N–H and O–H groups in total. The van der Waals surface area contributed by atoms with Gasteiger partial charge in [-0.2, -0.15) is 0 Å². The van der Waals surface area contributed by atoms with Gasteiger partial charge in [0.05, 0.1) is 15.6 Å². The number of rotatable bonds is 5. The highest BCUT2D eigenvalue weighted by Crippen LogP contribution is 2.34. The van der Waals surface area contributed by atoms with Crippen LogP contribution in [0.5, 0.6) is 0 Å². The van der Waals surface area contributed by atoms with E-state index >= 15 is 0 Å². The lowest BCUT2D eigenvalue weighted by Gasteiger charge is -2.10. The van der Waals surface area contributed by atoms with Crippen LogP contribution in [-0.2, 0) is 9.53 Å². The number of nitrogens with zero attached hydrogens (tertiary/aromatic N) is 2. The van der Waals surface area contributed by atoms with E-state index in [1.54, 1.807) is 0 Å². The van der Waals surface area contributed by atoms with Gasteiger partial charge in [-0.1, -0.05) is 46.4 Å². The number of nitrogens with one attached hydrogen (secondary N) is 1. The molecule has 1 amide bonds. The van der Waals surface area contributed by atoms with Crippen molar-refractivity contribution < 1.29 is 19.2 Å². The zero-order chi connectivity index (χ0) is 20.3. The third-order valence-corrected chi connectivity index (χ3v) is 4.40. The Morgan fingerprint density at radius 2 is 1.89 bits per heavy atom. The Balaban J connectivity index is 2.09. The Morgan fingerprint density at radius 1 is 1.22 bits per heavy atom. The molecule has 142 valence electrons. The summed E-state index contributed by atoms with van der Waals surface area (Å²) in [4.78, 5) is 37.9. The molecule has 1 aromatic carbocycles. The Bertz CT molecular complexity index is 954. The number of carbonyl (C=O) groups excluding carboxylic acids is 2. The van der Waals surface area contributed by atoms with E-state index in [4.69, 9.17) is 56.9 Å². The Morgan fingerprint density at radius 3 is 2.52 bits per heavy atom. The maximum absolute atomic E-state index is 12.0. The second-order valence-corrected chi connectivity index (χ2v) is 6.39. The number of amides is 1. The van der Waals surface area contributed by atoms with Crippen LogP contribution >= 0.6 is 46.4 Å². The fourth-order valence-electron chi connectivity index (χ4n) is 1.81. The highest BCUT2D eigenvalue weighted by molar-refractivity contribution is 6.46. The first kappa shape index (κ1) is 21.0. The minimum Gasteiger partial charge on any atom is -0.451 e. The first-order chi connectivity index (χ1) is 12.6. The first-order valence-corrected chi connectivity index (χ1v) is 8.34. The number of esters is 1. The summed E-state index contributed by atoms with van der Waals surface area (Å²) in [6.45, 7) is -0.781. The summed E-state index contributed by atoms with van der Waals surface area (Å²) >= 11 is 23.0. The molecule has 0 unspecified atom stereocenters. The van der Waals surface area contributed by atoms with E-state index in [0.29, 0.717) is 0 Å². The Labute approximate surface area is 171 Å². The minimum absolute atomic E-state index is 0.115. The highest BCUT2D eigenvalue weighted by Gasteiger charge is 2.22. The fraction of sp³-hybridized carbons (Fsp3) is 0.0714. The minimum atomic E-state index is -1.09. The van der Waals surface area contributed by atoms with Gasteiger partial charge in [0.2, 0.25) is 0 Å². The molecule has 0 saturated carbocycles. The molecule has 0 aliphatic rings. The van der Waals surface area contributed by atoms with E-state index in [9.17, 15) is 19.7 Å². The molecule has 2 rings (SSSR count). The van der Waals surface area contributed by atoms with E-state index < -0.39 is 34.8 Å². The lowest BCUT2D eigenvalue weighted by atomic mass is 10.2. The summed E-state index contributed by atoms with van der Waals surface area (Å²) in [6.07, 6.45) is 0. The number of hydrogen-bond donors (Lipinski definition) is 2. The predicted octanol–water partition coefficient (Wildman–Crippen LogP) is 3.98. The first-order valence-electron chi connectivity index (χ1n) is 6.82. The van der Waals surface area contributed by atoms with Crippen molar-refractivity contribution in [2.45, 2.75) is 0 Å². The van der Waals surface area contributed by atoms with Crippen molar-refractivity contribution in [1.82, 2.24) is 4.98 Å². The van der Waals surface area contributed by atoms with Crippen molar-refractivity contribution in [2.24, 2.45) is 0 Å². The number of aromatic nitrogens is 1. The van der Waals surface area contributed by atoms with Crippen LogP contribution in [0.1, 0.15) is 10.5 Å². The predicted molar refractivity (Wildman–Crippen MR) is 101 cm³/mol. The fourth-order valence-corrected chi connectivity index (χ4v) is 2.57. The van der Waals surface area contributed by atoms with Crippen LogP contribution in [0.25, 0.3) is 0 Å². The molecule has 0 spiro atoms. The molecule has 0 fully saturated rings. The number of nitrogen functional groups attached to an aromatic ring is 1. The molecular weight excluding hydrogens is 446 g/mol. The largest absolute Gasteiger partial charge is 0.451 e. The number of halogens is 4. The molecule has 1 aromatic heterocycles. The van der Waals surface area contributed by atoms with Crippen LogP contribution in [0.4, 0.5) is 17.1 Å². The lowest BCUT2D eigenvalue weighted by Crippen LogP contribution is -2.22. The molecule has 9 nitrogen and oxygen atoms in total. The summed E-state index contributed by atoms with van der Waals surface area (Å²) in [6, 6.07) is 3.64. The van der Waals surface area contributed by atoms with Gasteiger partial charge in [0, 0.05) is 11.1 Å². The molecule has 0 saturated heterocycles. The van der Waals surface area contributed by atoms with E-state index in [1.807, 2.05) is 0 Å². The van der Waals surface area contributed by atoms with Crippen LogP contribution in [0.3, 0.4) is 0 Å². The smallest absolute Gasteiger partial charge is 0.359 e. The van der Waals surface area contributed by atoms with Gasteiger partial charge in [-0.3, -0.25) is 14.9 Å². The van der Waals surface area contributed by atoms with Gasteiger partial charge in [0.15, 0.2) is 17.5 Å². The Kier molecular flexibility index (Phi) is 6.66. The van der Waals surface area contributed by atoms with Crippen molar-refractivity contribution in [3.63, 3.8) is 0 Å². The van der Waals surface area contributed by atoms with Gasteiger partial charge in [-0.25, -0.2) is 9.78 Å². The van der Waals surface area contributed by atoms with E-state index in [1.165, 1.54) is 12.1 Å². The maximum Gasteiger partial charge on any atom is 0.359 e. The van der Waals surface area contributed by atoms with Crippen molar-refractivity contribution in [1.29, 1.82) is 0 Å². The van der Waals surface area contributed by atoms with Crippen molar-refractivity contribution in [3.05, 3.63) is 54.2 Å². The summed E-state index contributed by atoms with van der Waals surface area (Å²) < 4.78 is 4.77. The highest BCUT2D eigenvalue weighted by atomic mass is 35.5. The molecule has 0 atom stereocenters. The lowest BCUT2D eigenvalue weighted by molar-refractivity contribution is -0.383. The Hall–Kier alpha value is -2.33. The summed E-state index contributed by atoms with van der Waals surface area (Å²) in [5, 5.41) is 12.6. The number of anilines is 2. The SMILES string of the molecule is Nc1c(Cl)c(Cl)nc(C(=O)OCC(=O)Nc2ccc(Cl)cc2[N+](=O)[O-])c1Cl. The quantitative estimate of drug-likeness (QED) is 0.302. The number of nitro groups is 1. The van der Waals surface area contributed by atoms with Gasteiger partial charge < -0.3 is 15.8 Å². The molecule has 0 radical (unpaired) electrons. The number of nitro benzene ring substituents is 1. The maximum atomic E-state index is 12.0. The van der Waals surface area contributed by atoms with Crippen LogP contribution < -0.4 is 11.1 Å². The molecule has 0 bridgehead atoms. The van der Waals surface area contributed by atoms with Gasteiger partial charge >= 0.3 is 5.97 Å². The number of nitrogens with two attached hydrogens (primary N) is 1. The monoisotopic (exact) mass is 452 g/mol. The summed E-state index contributed by atoms with van der Waals surface area (Å²) in [5.41, 5.74) is 4.42. The molecule has 27 heavy (non-hydrogen) atoms.